The predicted molar refractivity (Wildman–Crippen MR) is 75.2 cm³/mol. The number of carbonyl (C=O) groups excluding carboxylic acids is 1. The average molecular weight is 295 g/mol. The van der Waals surface area contributed by atoms with E-state index in [1.165, 1.54) is 7.11 Å². The molecule has 0 aromatic carbocycles. The summed E-state index contributed by atoms with van der Waals surface area (Å²) >= 11 is 1.59. The first-order chi connectivity index (χ1) is 9.72. The van der Waals surface area contributed by atoms with E-state index in [2.05, 4.69) is 19.8 Å². The Hall–Kier alpha value is -1.73. The summed E-state index contributed by atoms with van der Waals surface area (Å²) in [7, 11) is 1.39. The summed E-state index contributed by atoms with van der Waals surface area (Å²) in [4.78, 5) is 17.6. The van der Waals surface area contributed by atoms with E-state index >= 15 is 0 Å². The third-order valence-electron chi connectivity index (χ3n) is 2.91. The minimum atomic E-state index is -0.215. The number of rotatable bonds is 7. The van der Waals surface area contributed by atoms with Crippen LogP contribution in [0.1, 0.15) is 19.2 Å². The zero-order valence-electron chi connectivity index (χ0n) is 11.5. The van der Waals surface area contributed by atoms with E-state index in [1.54, 1.807) is 11.3 Å². The van der Waals surface area contributed by atoms with E-state index in [0.29, 0.717) is 31.2 Å². The summed E-state index contributed by atoms with van der Waals surface area (Å²) in [5, 5.41) is 7.91. The molecule has 2 aromatic heterocycles. The first kappa shape index (κ1) is 14.7. The zero-order valence-corrected chi connectivity index (χ0v) is 12.4. The van der Waals surface area contributed by atoms with Crippen LogP contribution in [-0.2, 0) is 16.1 Å². The molecule has 0 aliphatic rings. The molecular weight excluding hydrogens is 278 g/mol. The summed E-state index contributed by atoms with van der Waals surface area (Å²) in [6.07, 6.45) is 0.357. The Morgan fingerprint density at radius 1 is 1.55 bits per heavy atom. The highest BCUT2D eigenvalue weighted by Crippen LogP contribution is 2.19. The molecule has 2 rings (SSSR count). The summed E-state index contributed by atoms with van der Waals surface area (Å²) in [6, 6.07) is 1.95. The lowest BCUT2D eigenvalue weighted by Crippen LogP contribution is -2.26. The molecule has 0 amide bonds. The average Bonchev–Trinajstić information content (AvgIpc) is 3.13. The molecule has 2 aromatic rings. The third-order valence-corrected chi connectivity index (χ3v) is 3.60. The molecule has 7 heteroatoms. The quantitative estimate of drug-likeness (QED) is 0.729. The molecule has 0 aliphatic heterocycles. The van der Waals surface area contributed by atoms with Crippen LogP contribution in [-0.4, -0.2) is 41.2 Å². The van der Waals surface area contributed by atoms with Crippen LogP contribution in [0.5, 0.6) is 0 Å². The lowest BCUT2D eigenvalue weighted by Gasteiger charge is -2.16. The number of aromatic nitrogens is 2. The van der Waals surface area contributed by atoms with Gasteiger partial charge in [0.15, 0.2) is 0 Å². The molecule has 0 saturated heterocycles. The molecule has 0 spiro atoms. The van der Waals surface area contributed by atoms with Crippen molar-refractivity contribution in [3.8, 4) is 11.4 Å². The second kappa shape index (κ2) is 7.16. The smallest absolute Gasteiger partial charge is 0.306 e. The van der Waals surface area contributed by atoms with Crippen LogP contribution in [0.4, 0.5) is 0 Å². The van der Waals surface area contributed by atoms with Gasteiger partial charge in [0.05, 0.1) is 20.1 Å². The van der Waals surface area contributed by atoms with Crippen molar-refractivity contribution in [1.29, 1.82) is 0 Å². The minimum Gasteiger partial charge on any atom is -0.469 e. The molecular formula is C13H17N3O3S. The molecule has 0 radical (unpaired) electrons. The Balaban J connectivity index is 1.92. The maximum Gasteiger partial charge on any atom is 0.306 e. The van der Waals surface area contributed by atoms with Crippen LogP contribution in [0, 0.1) is 0 Å². The van der Waals surface area contributed by atoms with Crippen LogP contribution in [0.25, 0.3) is 11.4 Å². The third kappa shape index (κ3) is 3.88. The highest BCUT2D eigenvalue weighted by atomic mass is 32.1. The standard InChI is InChI=1S/C13H17N3O3S/c1-3-16(6-4-12(17)18-2)8-11-14-13(15-19-11)10-5-7-20-9-10/h5,7,9H,3-4,6,8H2,1-2H3. The van der Waals surface area contributed by atoms with Gasteiger partial charge in [-0.25, -0.2) is 0 Å². The number of hydrogen-bond acceptors (Lipinski definition) is 7. The van der Waals surface area contributed by atoms with Gasteiger partial charge in [0.25, 0.3) is 0 Å². The second-order valence-electron chi connectivity index (χ2n) is 4.22. The van der Waals surface area contributed by atoms with Crippen molar-refractivity contribution in [1.82, 2.24) is 15.0 Å². The molecule has 6 nitrogen and oxygen atoms in total. The summed E-state index contributed by atoms with van der Waals surface area (Å²) < 4.78 is 9.87. The lowest BCUT2D eigenvalue weighted by molar-refractivity contribution is -0.141. The highest BCUT2D eigenvalue weighted by Gasteiger charge is 2.13. The number of ether oxygens (including phenoxy) is 1. The number of esters is 1. The fourth-order valence-electron chi connectivity index (χ4n) is 1.72. The molecule has 0 fully saturated rings. The van der Waals surface area contributed by atoms with Crippen molar-refractivity contribution >= 4 is 17.3 Å². The molecule has 0 atom stereocenters. The van der Waals surface area contributed by atoms with E-state index in [0.717, 1.165) is 12.1 Å². The van der Waals surface area contributed by atoms with Gasteiger partial charge >= 0.3 is 5.97 Å². The Morgan fingerprint density at radius 2 is 2.40 bits per heavy atom. The predicted octanol–water partition coefficient (Wildman–Crippen LogP) is 2.18. The fraction of sp³-hybridized carbons (Fsp3) is 0.462. The van der Waals surface area contributed by atoms with Crippen LogP contribution in [0.3, 0.4) is 0 Å². The van der Waals surface area contributed by atoms with Gasteiger partial charge < -0.3 is 9.26 Å². The van der Waals surface area contributed by atoms with E-state index in [4.69, 9.17) is 4.52 Å². The van der Waals surface area contributed by atoms with E-state index < -0.39 is 0 Å². The molecule has 20 heavy (non-hydrogen) atoms. The fourth-order valence-corrected chi connectivity index (χ4v) is 2.35. The van der Waals surface area contributed by atoms with Gasteiger partial charge in [-0.2, -0.15) is 16.3 Å². The van der Waals surface area contributed by atoms with Crippen molar-refractivity contribution in [2.24, 2.45) is 0 Å². The Kier molecular flexibility index (Phi) is 5.25. The molecule has 0 aliphatic carbocycles. The summed E-state index contributed by atoms with van der Waals surface area (Å²) in [5.41, 5.74) is 0.961. The second-order valence-corrected chi connectivity index (χ2v) is 5.00. The van der Waals surface area contributed by atoms with Crippen LogP contribution in [0.15, 0.2) is 21.3 Å². The van der Waals surface area contributed by atoms with Crippen LogP contribution >= 0.6 is 11.3 Å². The maximum atomic E-state index is 11.1. The van der Waals surface area contributed by atoms with Crippen LogP contribution in [0.2, 0.25) is 0 Å². The summed E-state index contributed by atoms with van der Waals surface area (Å²) in [6.45, 7) is 3.96. The topological polar surface area (TPSA) is 68.5 Å². The number of methoxy groups -OCH3 is 1. The monoisotopic (exact) mass is 295 g/mol. The van der Waals surface area contributed by atoms with Crippen molar-refractivity contribution in [2.45, 2.75) is 19.9 Å². The van der Waals surface area contributed by atoms with Gasteiger partial charge in [0, 0.05) is 17.5 Å². The Bertz CT molecular complexity index is 539. The lowest BCUT2D eigenvalue weighted by atomic mass is 10.3. The summed E-state index contributed by atoms with van der Waals surface area (Å²) in [5.74, 6) is 0.941. The molecule has 0 unspecified atom stereocenters. The number of thiophene rings is 1. The Morgan fingerprint density at radius 3 is 3.05 bits per heavy atom. The van der Waals surface area contributed by atoms with Crippen molar-refractivity contribution in [2.75, 3.05) is 20.2 Å². The molecule has 0 N–H and O–H groups in total. The van der Waals surface area contributed by atoms with E-state index in [-0.39, 0.29) is 5.97 Å². The van der Waals surface area contributed by atoms with Crippen molar-refractivity contribution in [3.05, 3.63) is 22.7 Å². The van der Waals surface area contributed by atoms with Gasteiger partial charge in [0.1, 0.15) is 0 Å². The van der Waals surface area contributed by atoms with Crippen LogP contribution < -0.4 is 0 Å². The van der Waals surface area contributed by atoms with Gasteiger partial charge in [-0.1, -0.05) is 12.1 Å². The zero-order chi connectivity index (χ0) is 14.4. The molecule has 0 bridgehead atoms. The molecule has 2 heterocycles. The minimum absolute atomic E-state index is 0.215. The Labute approximate surface area is 121 Å². The first-order valence-corrected chi connectivity index (χ1v) is 7.31. The van der Waals surface area contributed by atoms with E-state index in [1.807, 2.05) is 23.8 Å². The maximum absolute atomic E-state index is 11.1. The largest absolute Gasteiger partial charge is 0.469 e. The number of carbonyl (C=O) groups is 1. The van der Waals surface area contributed by atoms with Crippen molar-refractivity contribution < 1.29 is 14.1 Å². The van der Waals surface area contributed by atoms with E-state index in [9.17, 15) is 4.79 Å². The number of hydrogen-bond donors (Lipinski definition) is 0. The SMILES string of the molecule is CCN(CCC(=O)OC)Cc1nc(-c2ccsc2)no1. The van der Waals surface area contributed by atoms with Gasteiger partial charge in [0.2, 0.25) is 11.7 Å². The van der Waals surface area contributed by atoms with Gasteiger partial charge in [-0.05, 0) is 18.0 Å². The molecule has 108 valence electrons. The van der Waals surface area contributed by atoms with Gasteiger partial charge in [-0.3, -0.25) is 9.69 Å². The number of nitrogens with zero attached hydrogens (tertiary/aromatic N) is 3. The van der Waals surface area contributed by atoms with Gasteiger partial charge in [-0.15, -0.1) is 0 Å². The molecule has 0 saturated carbocycles. The van der Waals surface area contributed by atoms with Crippen molar-refractivity contribution in [3.63, 3.8) is 0 Å². The first-order valence-electron chi connectivity index (χ1n) is 6.37. The normalized spacial score (nSPS) is 10.9. The highest BCUT2D eigenvalue weighted by molar-refractivity contribution is 7.08.